The van der Waals surface area contributed by atoms with Crippen molar-refractivity contribution < 1.29 is 9.90 Å². The number of nitrogens with one attached hydrogen (secondary N) is 1. The average molecular weight is 285 g/mol. The van der Waals surface area contributed by atoms with Crippen LogP contribution in [-0.4, -0.2) is 24.2 Å². The fraction of sp³-hybridized carbons (Fsp3) is 0.389. The molecule has 2 aromatic rings. The molecule has 1 amide bonds. The number of benzene rings is 2. The molecule has 0 aliphatic rings. The number of amides is 1. The van der Waals surface area contributed by atoms with Crippen molar-refractivity contribution in [3.8, 4) is 0 Å². The van der Waals surface area contributed by atoms with Crippen LogP contribution >= 0.6 is 0 Å². The van der Waals surface area contributed by atoms with Crippen LogP contribution in [0, 0.1) is 5.92 Å². The summed E-state index contributed by atoms with van der Waals surface area (Å²) in [6, 6.07) is 14.3. The van der Waals surface area contributed by atoms with E-state index in [2.05, 4.69) is 29.6 Å². The Hall–Kier alpha value is -1.87. The van der Waals surface area contributed by atoms with Gasteiger partial charge in [-0.1, -0.05) is 49.4 Å². The Kier molecular flexibility index (Phi) is 5.34. The summed E-state index contributed by atoms with van der Waals surface area (Å²) in [5.74, 6) is 0.161. The average Bonchev–Trinajstić information content (AvgIpc) is 2.51. The van der Waals surface area contributed by atoms with Gasteiger partial charge in [0.25, 0.3) is 0 Å². The first-order valence-electron chi connectivity index (χ1n) is 7.49. The summed E-state index contributed by atoms with van der Waals surface area (Å²) in [5.41, 5.74) is 1.03. The Balaban J connectivity index is 2.03. The van der Waals surface area contributed by atoms with Crippen LogP contribution in [0.15, 0.2) is 42.5 Å². The van der Waals surface area contributed by atoms with Gasteiger partial charge in [0.2, 0.25) is 5.91 Å². The lowest BCUT2D eigenvalue weighted by molar-refractivity contribution is -0.122. The lowest BCUT2D eigenvalue weighted by Gasteiger charge is -2.16. The van der Waals surface area contributed by atoms with Crippen molar-refractivity contribution in [3.63, 3.8) is 0 Å². The fourth-order valence-electron chi connectivity index (χ4n) is 2.38. The minimum Gasteiger partial charge on any atom is -0.396 e. The monoisotopic (exact) mass is 285 g/mol. The first kappa shape index (κ1) is 15.5. The number of carbonyl (C=O) groups is 1. The number of aliphatic hydroxyl groups is 1. The van der Waals surface area contributed by atoms with Crippen molar-refractivity contribution in [2.24, 2.45) is 5.92 Å². The van der Waals surface area contributed by atoms with Gasteiger partial charge >= 0.3 is 0 Å². The van der Waals surface area contributed by atoms with Gasteiger partial charge in [0, 0.05) is 13.2 Å². The van der Waals surface area contributed by atoms with Crippen molar-refractivity contribution in [2.45, 2.75) is 26.2 Å². The lowest BCUT2D eigenvalue weighted by Crippen LogP contribution is -2.32. The number of aliphatic hydroxyl groups excluding tert-OH is 1. The molecule has 0 spiro atoms. The molecule has 0 aromatic heterocycles. The molecule has 2 N–H and O–H groups in total. The van der Waals surface area contributed by atoms with Crippen LogP contribution in [0.3, 0.4) is 0 Å². The van der Waals surface area contributed by atoms with Gasteiger partial charge in [-0.3, -0.25) is 4.79 Å². The van der Waals surface area contributed by atoms with Crippen LogP contribution in [0.25, 0.3) is 10.8 Å². The van der Waals surface area contributed by atoms with Crippen LogP contribution in [0.1, 0.15) is 31.7 Å². The van der Waals surface area contributed by atoms with E-state index < -0.39 is 0 Å². The van der Waals surface area contributed by atoms with Crippen molar-refractivity contribution >= 4 is 16.7 Å². The van der Waals surface area contributed by atoms with Crippen LogP contribution in [-0.2, 0) is 4.79 Å². The molecule has 21 heavy (non-hydrogen) atoms. The zero-order chi connectivity index (χ0) is 15.2. The lowest BCUT2D eigenvalue weighted by atomic mass is 9.97. The molecule has 0 bridgehead atoms. The van der Waals surface area contributed by atoms with Crippen LogP contribution < -0.4 is 5.32 Å². The Morgan fingerprint density at radius 2 is 1.86 bits per heavy atom. The summed E-state index contributed by atoms with van der Waals surface area (Å²) >= 11 is 0. The largest absolute Gasteiger partial charge is 0.396 e. The normalized spacial score (nSPS) is 13.9. The SMILES string of the molecule is CC(CCO)CNC(=O)C(C)c1ccc2ccccc2c1. The van der Waals surface area contributed by atoms with Crippen LogP contribution in [0.5, 0.6) is 0 Å². The minimum absolute atomic E-state index is 0.0371. The third-order valence-electron chi connectivity index (χ3n) is 3.91. The summed E-state index contributed by atoms with van der Waals surface area (Å²) in [4.78, 5) is 12.2. The molecule has 3 nitrogen and oxygen atoms in total. The molecule has 2 rings (SSSR count). The summed E-state index contributed by atoms with van der Waals surface area (Å²) in [6.07, 6.45) is 0.713. The molecule has 2 aromatic carbocycles. The summed E-state index contributed by atoms with van der Waals surface area (Å²) in [6.45, 7) is 4.72. The maximum Gasteiger partial charge on any atom is 0.227 e. The van der Waals surface area contributed by atoms with Gasteiger partial charge in [-0.05, 0) is 35.6 Å². The zero-order valence-corrected chi connectivity index (χ0v) is 12.7. The third-order valence-corrected chi connectivity index (χ3v) is 3.91. The molecular weight excluding hydrogens is 262 g/mol. The number of hydrogen-bond donors (Lipinski definition) is 2. The summed E-state index contributed by atoms with van der Waals surface area (Å²) < 4.78 is 0. The molecule has 0 fully saturated rings. The van der Waals surface area contributed by atoms with E-state index >= 15 is 0 Å². The Morgan fingerprint density at radius 1 is 1.14 bits per heavy atom. The predicted molar refractivity (Wildman–Crippen MR) is 86.2 cm³/mol. The number of carbonyl (C=O) groups excluding carboxylic acids is 1. The molecule has 2 unspecified atom stereocenters. The summed E-state index contributed by atoms with van der Waals surface area (Å²) in [5, 5.41) is 14.2. The number of rotatable bonds is 6. The van der Waals surface area contributed by atoms with Gasteiger partial charge in [-0.2, -0.15) is 0 Å². The van der Waals surface area contributed by atoms with Gasteiger partial charge in [-0.25, -0.2) is 0 Å². The van der Waals surface area contributed by atoms with E-state index in [9.17, 15) is 4.79 Å². The molecule has 0 aliphatic carbocycles. The second-order valence-electron chi connectivity index (χ2n) is 5.69. The highest BCUT2D eigenvalue weighted by Gasteiger charge is 2.16. The van der Waals surface area contributed by atoms with E-state index in [4.69, 9.17) is 5.11 Å². The first-order chi connectivity index (χ1) is 10.1. The third kappa shape index (κ3) is 4.05. The molecule has 3 heteroatoms. The minimum atomic E-state index is -0.170. The fourth-order valence-corrected chi connectivity index (χ4v) is 2.38. The molecule has 0 heterocycles. The van der Waals surface area contributed by atoms with Crippen molar-refractivity contribution in [1.82, 2.24) is 5.32 Å². The molecule has 2 atom stereocenters. The zero-order valence-electron chi connectivity index (χ0n) is 12.7. The standard InChI is InChI=1S/C18H23NO2/c1-13(9-10-20)12-19-18(21)14(2)16-8-7-15-5-3-4-6-17(15)11-16/h3-8,11,13-14,20H,9-10,12H2,1-2H3,(H,19,21). The number of fused-ring (bicyclic) bond motifs is 1. The highest BCUT2D eigenvalue weighted by atomic mass is 16.3. The quantitative estimate of drug-likeness (QED) is 0.857. The second-order valence-corrected chi connectivity index (χ2v) is 5.69. The maximum atomic E-state index is 12.2. The van der Waals surface area contributed by atoms with Gasteiger partial charge in [0.15, 0.2) is 0 Å². The summed E-state index contributed by atoms with van der Waals surface area (Å²) in [7, 11) is 0. The van der Waals surface area contributed by atoms with E-state index in [0.29, 0.717) is 18.9 Å². The smallest absolute Gasteiger partial charge is 0.227 e. The van der Waals surface area contributed by atoms with Crippen molar-refractivity contribution in [1.29, 1.82) is 0 Å². The maximum absolute atomic E-state index is 12.2. The molecule has 0 aliphatic heterocycles. The van der Waals surface area contributed by atoms with Crippen LogP contribution in [0.2, 0.25) is 0 Å². The van der Waals surface area contributed by atoms with Crippen LogP contribution in [0.4, 0.5) is 0 Å². The van der Waals surface area contributed by atoms with E-state index in [0.717, 1.165) is 10.9 Å². The molecule has 0 saturated heterocycles. The van der Waals surface area contributed by atoms with E-state index in [1.807, 2.05) is 32.0 Å². The van der Waals surface area contributed by atoms with Gasteiger partial charge in [0.1, 0.15) is 0 Å². The highest BCUT2D eigenvalue weighted by Crippen LogP contribution is 2.21. The molecule has 0 radical (unpaired) electrons. The van der Waals surface area contributed by atoms with Crippen molar-refractivity contribution in [3.05, 3.63) is 48.0 Å². The Bertz CT molecular complexity index is 609. The molecular formula is C18H23NO2. The van der Waals surface area contributed by atoms with Gasteiger partial charge < -0.3 is 10.4 Å². The Labute approximate surface area is 126 Å². The second kappa shape index (κ2) is 7.23. The number of hydrogen-bond acceptors (Lipinski definition) is 2. The van der Waals surface area contributed by atoms with E-state index in [1.165, 1.54) is 5.39 Å². The van der Waals surface area contributed by atoms with Gasteiger partial charge in [-0.15, -0.1) is 0 Å². The van der Waals surface area contributed by atoms with Gasteiger partial charge in [0.05, 0.1) is 5.92 Å². The molecule has 112 valence electrons. The first-order valence-corrected chi connectivity index (χ1v) is 7.49. The van der Waals surface area contributed by atoms with E-state index in [-0.39, 0.29) is 18.4 Å². The van der Waals surface area contributed by atoms with E-state index in [1.54, 1.807) is 0 Å². The Morgan fingerprint density at radius 3 is 2.57 bits per heavy atom. The van der Waals surface area contributed by atoms with Crippen molar-refractivity contribution in [2.75, 3.05) is 13.2 Å². The highest BCUT2D eigenvalue weighted by molar-refractivity contribution is 5.87. The predicted octanol–water partition coefficient (Wildman–Crippen LogP) is 3.08. The molecule has 0 saturated carbocycles. The topological polar surface area (TPSA) is 49.3 Å².